The van der Waals surface area contributed by atoms with Crippen molar-refractivity contribution in [2.24, 2.45) is 0 Å². The summed E-state index contributed by atoms with van der Waals surface area (Å²) >= 11 is 0. The second-order valence-electron chi connectivity index (χ2n) is 4.50. The van der Waals surface area contributed by atoms with E-state index in [0.29, 0.717) is 0 Å². The smallest absolute Gasteiger partial charge is 0.392 e. The van der Waals surface area contributed by atoms with Crippen LogP contribution >= 0.6 is 0 Å². The van der Waals surface area contributed by atoms with E-state index in [1.165, 1.54) is 24.3 Å². The van der Waals surface area contributed by atoms with E-state index in [4.69, 9.17) is 10.5 Å². The van der Waals surface area contributed by atoms with Crippen LogP contribution in [0.15, 0.2) is 36.4 Å². The Morgan fingerprint density at radius 3 is 2.41 bits per heavy atom. The third-order valence-corrected chi connectivity index (χ3v) is 3.05. The van der Waals surface area contributed by atoms with Gasteiger partial charge in [-0.25, -0.2) is 4.39 Å². The van der Waals surface area contributed by atoms with Crippen LogP contribution in [0.3, 0.4) is 0 Å². The van der Waals surface area contributed by atoms with E-state index in [1.54, 1.807) is 0 Å². The molecule has 116 valence electrons. The minimum atomic E-state index is -4.55. The standard InChI is InChI=1S/C15H12F4N2O/c16-12-5-9(7-20)14(6-10(12)8-22)21-13-4-2-1-3-11(13)15(17,18)19/h1-7,20-22H,8H2. The number of nitrogens with one attached hydrogen (secondary N) is 2. The highest BCUT2D eigenvalue weighted by Gasteiger charge is 2.33. The molecule has 0 radical (unpaired) electrons. The molecule has 0 aliphatic carbocycles. The first-order chi connectivity index (χ1) is 10.4. The average Bonchev–Trinajstić information content (AvgIpc) is 2.48. The van der Waals surface area contributed by atoms with Crippen LogP contribution in [0.1, 0.15) is 16.7 Å². The third-order valence-electron chi connectivity index (χ3n) is 3.05. The first-order valence-electron chi connectivity index (χ1n) is 6.24. The molecule has 0 aliphatic heterocycles. The minimum Gasteiger partial charge on any atom is -0.392 e. The Hall–Kier alpha value is -2.41. The number of para-hydroxylation sites is 1. The van der Waals surface area contributed by atoms with Gasteiger partial charge in [0.2, 0.25) is 0 Å². The van der Waals surface area contributed by atoms with Crippen LogP contribution < -0.4 is 5.32 Å². The number of hydrogen-bond donors (Lipinski definition) is 3. The normalized spacial score (nSPS) is 11.3. The SMILES string of the molecule is N=Cc1cc(F)c(CO)cc1Nc1ccccc1C(F)(F)F. The largest absolute Gasteiger partial charge is 0.418 e. The Morgan fingerprint density at radius 1 is 1.14 bits per heavy atom. The van der Waals surface area contributed by atoms with Gasteiger partial charge in [-0.3, -0.25) is 0 Å². The second-order valence-corrected chi connectivity index (χ2v) is 4.50. The van der Waals surface area contributed by atoms with Gasteiger partial charge in [-0.05, 0) is 24.3 Å². The molecule has 3 nitrogen and oxygen atoms in total. The number of aliphatic hydroxyl groups excluding tert-OH is 1. The van der Waals surface area contributed by atoms with E-state index in [9.17, 15) is 17.6 Å². The summed E-state index contributed by atoms with van der Waals surface area (Å²) < 4.78 is 52.4. The Balaban J connectivity index is 2.50. The van der Waals surface area contributed by atoms with Crippen molar-refractivity contribution in [1.29, 1.82) is 5.41 Å². The van der Waals surface area contributed by atoms with Gasteiger partial charge in [0.05, 0.1) is 17.9 Å². The number of rotatable bonds is 4. The summed E-state index contributed by atoms with van der Waals surface area (Å²) in [6, 6.07) is 7.01. The number of benzene rings is 2. The van der Waals surface area contributed by atoms with Gasteiger partial charge in [-0.15, -0.1) is 0 Å². The first kappa shape index (κ1) is 16.0. The number of aliphatic hydroxyl groups is 1. The lowest BCUT2D eigenvalue weighted by atomic mass is 10.1. The molecule has 3 N–H and O–H groups in total. The van der Waals surface area contributed by atoms with Crippen LogP contribution in [0.4, 0.5) is 28.9 Å². The Morgan fingerprint density at radius 2 is 1.82 bits per heavy atom. The lowest BCUT2D eigenvalue weighted by molar-refractivity contribution is -0.136. The lowest BCUT2D eigenvalue weighted by Gasteiger charge is -2.16. The molecule has 0 bridgehead atoms. The average molecular weight is 312 g/mol. The molecular formula is C15H12F4N2O. The summed E-state index contributed by atoms with van der Waals surface area (Å²) in [5.74, 6) is -0.726. The van der Waals surface area contributed by atoms with Gasteiger partial charge in [0.15, 0.2) is 0 Å². The van der Waals surface area contributed by atoms with Gasteiger partial charge in [0, 0.05) is 23.0 Å². The van der Waals surface area contributed by atoms with Gasteiger partial charge in [0.1, 0.15) is 5.82 Å². The molecule has 0 aromatic heterocycles. The molecule has 2 aromatic carbocycles. The zero-order chi connectivity index (χ0) is 16.3. The number of halogens is 4. The Bertz CT molecular complexity index is 698. The summed E-state index contributed by atoms with van der Waals surface area (Å²) in [6.45, 7) is -0.598. The molecule has 0 saturated heterocycles. The number of hydrogen-bond acceptors (Lipinski definition) is 3. The maximum atomic E-state index is 13.6. The van der Waals surface area contributed by atoms with Crippen LogP contribution in [-0.4, -0.2) is 11.3 Å². The highest BCUT2D eigenvalue weighted by molar-refractivity contribution is 5.88. The minimum absolute atomic E-state index is 0.0717. The van der Waals surface area contributed by atoms with Crippen molar-refractivity contribution < 1.29 is 22.7 Å². The van der Waals surface area contributed by atoms with Gasteiger partial charge >= 0.3 is 6.18 Å². The first-order valence-corrected chi connectivity index (χ1v) is 6.24. The zero-order valence-corrected chi connectivity index (χ0v) is 11.2. The van der Waals surface area contributed by atoms with Gasteiger partial charge in [-0.2, -0.15) is 13.2 Å². The monoisotopic (exact) mass is 312 g/mol. The molecule has 0 aliphatic rings. The van der Waals surface area contributed by atoms with Crippen LogP contribution in [0.5, 0.6) is 0 Å². The van der Waals surface area contributed by atoms with E-state index in [1.807, 2.05) is 0 Å². The van der Waals surface area contributed by atoms with Crippen molar-refractivity contribution in [3.05, 3.63) is 58.9 Å². The summed E-state index contributed by atoms with van der Waals surface area (Å²) in [5.41, 5.74) is -0.976. The molecular weight excluding hydrogens is 300 g/mol. The predicted molar refractivity (Wildman–Crippen MR) is 74.9 cm³/mol. The van der Waals surface area contributed by atoms with Crippen molar-refractivity contribution >= 4 is 17.6 Å². The topological polar surface area (TPSA) is 56.1 Å². The van der Waals surface area contributed by atoms with E-state index < -0.39 is 24.2 Å². The van der Waals surface area contributed by atoms with Gasteiger partial charge in [-0.1, -0.05) is 12.1 Å². The summed E-state index contributed by atoms with van der Waals surface area (Å²) in [7, 11) is 0. The highest BCUT2D eigenvalue weighted by Crippen LogP contribution is 2.36. The van der Waals surface area contributed by atoms with Crippen molar-refractivity contribution in [1.82, 2.24) is 0 Å². The molecule has 2 aromatic rings. The molecule has 0 spiro atoms. The Kier molecular flexibility index (Phi) is 4.46. The number of alkyl halides is 3. The molecule has 0 amide bonds. The van der Waals surface area contributed by atoms with Crippen molar-refractivity contribution in [2.45, 2.75) is 12.8 Å². The fraction of sp³-hybridized carbons (Fsp3) is 0.133. The summed E-state index contributed by atoms with van der Waals surface area (Å²) in [4.78, 5) is 0. The van der Waals surface area contributed by atoms with Crippen LogP contribution in [0, 0.1) is 11.2 Å². The summed E-state index contributed by atoms with van der Waals surface area (Å²) in [5, 5.41) is 18.8. The van der Waals surface area contributed by atoms with Crippen LogP contribution in [-0.2, 0) is 12.8 Å². The van der Waals surface area contributed by atoms with E-state index in [-0.39, 0.29) is 22.5 Å². The summed E-state index contributed by atoms with van der Waals surface area (Å²) in [6.07, 6.45) is -3.73. The van der Waals surface area contributed by atoms with Crippen molar-refractivity contribution in [3.63, 3.8) is 0 Å². The molecule has 7 heteroatoms. The van der Waals surface area contributed by atoms with Crippen LogP contribution in [0.25, 0.3) is 0 Å². The van der Waals surface area contributed by atoms with E-state index in [2.05, 4.69) is 5.32 Å². The van der Waals surface area contributed by atoms with Crippen molar-refractivity contribution in [3.8, 4) is 0 Å². The van der Waals surface area contributed by atoms with Crippen molar-refractivity contribution in [2.75, 3.05) is 5.32 Å². The molecule has 22 heavy (non-hydrogen) atoms. The zero-order valence-electron chi connectivity index (χ0n) is 11.2. The Labute approximate surface area is 123 Å². The number of anilines is 2. The molecule has 2 rings (SSSR count). The molecule has 0 unspecified atom stereocenters. The van der Waals surface area contributed by atoms with E-state index >= 15 is 0 Å². The predicted octanol–water partition coefficient (Wildman–Crippen LogP) is 4.08. The fourth-order valence-corrected chi connectivity index (χ4v) is 1.97. The second kappa shape index (κ2) is 6.15. The third kappa shape index (κ3) is 3.25. The molecule has 0 atom stereocenters. The maximum Gasteiger partial charge on any atom is 0.418 e. The maximum absolute atomic E-state index is 13.6. The lowest BCUT2D eigenvalue weighted by Crippen LogP contribution is -2.09. The highest BCUT2D eigenvalue weighted by atomic mass is 19.4. The molecule has 0 fully saturated rings. The quantitative estimate of drug-likeness (QED) is 0.588. The van der Waals surface area contributed by atoms with Crippen LogP contribution in [0.2, 0.25) is 0 Å². The molecule has 0 saturated carbocycles. The molecule has 0 heterocycles. The van der Waals surface area contributed by atoms with E-state index in [0.717, 1.165) is 18.3 Å². The van der Waals surface area contributed by atoms with Gasteiger partial charge < -0.3 is 15.8 Å². The van der Waals surface area contributed by atoms with Gasteiger partial charge in [0.25, 0.3) is 0 Å². The fourth-order valence-electron chi connectivity index (χ4n) is 1.97.